The van der Waals surface area contributed by atoms with Gasteiger partial charge in [0, 0.05) is 29.2 Å². The maximum atomic E-state index is 13.0. The first-order valence-corrected chi connectivity index (χ1v) is 10.5. The van der Waals surface area contributed by atoms with E-state index in [9.17, 15) is 9.59 Å². The Morgan fingerprint density at radius 3 is 2.23 bits per heavy atom. The van der Waals surface area contributed by atoms with Crippen molar-refractivity contribution < 1.29 is 9.59 Å². The van der Waals surface area contributed by atoms with E-state index in [2.05, 4.69) is 10.6 Å². The minimum absolute atomic E-state index is 0.0482. The molecule has 2 N–H and O–H groups in total. The molecule has 3 aromatic carbocycles. The van der Waals surface area contributed by atoms with Crippen LogP contribution < -0.4 is 10.6 Å². The highest BCUT2D eigenvalue weighted by Crippen LogP contribution is 2.20. The predicted octanol–water partition coefficient (Wildman–Crippen LogP) is 5.39. The molecular formula is C23H19Cl2N3O2S. The summed E-state index contributed by atoms with van der Waals surface area (Å²) in [6.45, 7) is 0.463. The average molecular weight is 472 g/mol. The number of carbonyl (C=O) groups excluding carboxylic acids is 2. The molecular weight excluding hydrogens is 453 g/mol. The van der Waals surface area contributed by atoms with E-state index in [-0.39, 0.29) is 16.6 Å². The first-order valence-electron chi connectivity index (χ1n) is 9.30. The molecule has 0 saturated heterocycles. The summed E-state index contributed by atoms with van der Waals surface area (Å²) in [5, 5.41) is 6.23. The van der Waals surface area contributed by atoms with Crippen LogP contribution in [0.3, 0.4) is 0 Å². The number of carbonyl (C=O) groups is 2. The molecule has 8 heteroatoms. The summed E-state index contributed by atoms with van der Waals surface area (Å²) in [5.74, 6) is -0.644. The van der Waals surface area contributed by atoms with Crippen molar-refractivity contribution >= 4 is 58.0 Å². The second-order valence-corrected chi connectivity index (χ2v) is 8.04. The second-order valence-electron chi connectivity index (χ2n) is 6.76. The van der Waals surface area contributed by atoms with Crippen molar-refractivity contribution in [3.63, 3.8) is 0 Å². The van der Waals surface area contributed by atoms with E-state index < -0.39 is 5.91 Å². The van der Waals surface area contributed by atoms with Crippen LogP contribution in [-0.2, 0) is 6.54 Å². The summed E-state index contributed by atoms with van der Waals surface area (Å²) in [6, 6.07) is 21.2. The zero-order valence-electron chi connectivity index (χ0n) is 16.6. The SMILES string of the molecule is CN(Cc1ccccc1)C(=O)c1ccccc1NC(=S)NC(=O)c1cc(Cl)cc(Cl)c1. The molecule has 0 aliphatic carbocycles. The van der Waals surface area contributed by atoms with Crippen molar-refractivity contribution in [2.75, 3.05) is 12.4 Å². The average Bonchev–Trinajstić information content (AvgIpc) is 2.73. The van der Waals surface area contributed by atoms with E-state index >= 15 is 0 Å². The predicted molar refractivity (Wildman–Crippen MR) is 129 cm³/mol. The molecule has 3 rings (SSSR count). The van der Waals surface area contributed by atoms with Crippen LogP contribution in [-0.4, -0.2) is 28.9 Å². The molecule has 5 nitrogen and oxygen atoms in total. The van der Waals surface area contributed by atoms with Crippen molar-refractivity contribution in [1.29, 1.82) is 0 Å². The van der Waals surface area contributed by atoms with Crippen molar-refractivity contribution in [2.24, 2.45) is 0 Å². The lowest BCUT2D eigenvalue weighted by atomic mass is 10.1. The first-order chi connectivity index (χ1) is 14.8. The molecule has 2 amide bonds. The number of hydrogen-bond acceptors (Lipinski definition) is 3. The Morgan fingerprint density at radius 1 is 0.935 bits per heavy atom. The van der Waals surface area contributed by atoms with Crippen LogP contribution in [0.25, 0.3) is 0 Å². The zero-order valence-corrected chi connectivity index (χ0v) is 18.9. The molecule has 0 radical (unpaired) electrons. The fraction of sp³-hybridized carbons (Fsp3) is 0.0870. The quantitative estimate of drug-likeness (QED) is 0.489. The van der Waals surface area contributed by atoms with Gasteiger partial charge in [-0.2, -0.15) is 0 Å². The van der Waals surface area contributed by atoms with Crippen molar-refractivity contribution in [3.8, 4) is 0 Å². The highest BCUT2D eigenvalue weighted by molar-refractivity contribution is 7.80. The van der Waals surface area contributed by atoms with Gasteiger partial charge in [0.15, 0.2) is 5.11 Å². The number of para-hydroxylation sites is 1. The fourth-order valence-corrected chi connectivity index (χ4v) is 3.66. The number of rotatable bonds is 5. The lowest BCUT2D eigenvalue weighted by Gasteiger charge is -2.20. The third kappa shape index (κ3) is 6.28. The van der Waals surface area contributed by atoms with E-state index in [1.54, 1.807) is 36.2 Å². The van der Waals surface area contributed by atoms with Crippen LogP contribution in [0.15, 0.2) is 72.8 Å². The van der Waals surface area contributed by atoms with Gasteiger partial charge in [-0.1, -0.05) is 65.7 Å². The van der Waals surface area contributed by atoms with Crippen LogP contribution in [0.1, 0.15) is 26.3 Å². The third-order valence-electron chi connectivity index (χ3n) is 4.37. The van der Waals surface area contributed by atoms with Crippen LogP contribution in [0.2, 0.25) is 10.0 Å². The maximum absolute atomic E-state index is 13.0. The minimum atomic E-state index is -0.466. The fourth-order valence-electron chi connectivity index (χ4n) is 2.93. The van der Waals surface area contributed by atoms with Gasteiger partial charge in [0.1, 0.15) is 0 Å². The van der Waals surface area contributed by atoms with Crippen molar-refractivity contribution in [3.05, 3.63) is 99.5 Å². The molecule has 3 aromatic rings. The Morgan fingerprint density at radius 2 is 1.55 bits per heavy atom. The van der Waals surface area contributed by atoms with E-state index in [1.807, 2.05) is 30.3 Å². The molecule has 0 saturated carbocycles. The van der Waals surface area contributed by atoms with E-state index in [0.29, 0.717) is 27.8 Å². The smallest absolute Gasteiger partial charge is 0.257 e. The Balaban J connectivity index is 1.70. The van der Waals surface area contributed by atoms with E-state index in [1.165, 1.54) is 18.2 Å². The molecule has 0 unspecified atom stereocenters. The molecule has 0 aromatic heterocycles. The molecule has 0 aliphatic heterocycles. The largest absolute Gasteiger partial charge is 0.337 e. The van der Waals surface area contributed by atoms with Crippen LogP contribution in [0.5, 0.6) is 0 Å². The minimum Gasteiger partial charge on any atom is -0.337 e. The first kappa shape index (κ1) is 22.7. The van der Waals surface area contributed by atoms with Crippen LogP contribution in [0, 0.1) is 0 Å². The number of benzene rings is 3. The van der Waals surface area contributed by atoms with Gasteiger partial charge in [-0.15, -0.1) is 0 Å². The third-order valence-corrected chi connectivity index (χ3v) is 5.01. The number of amides is 2. The molecule has 0 atom stereocenters. The molecule has 0 spiro atoms. The van der Waals surface area contributed by atoms with Gasteiger partial charge >= 0.3 is 0 Å². The summed E-state index contributed by atoms with van der Waals surface area (Å²) < 4.78 is 0. The lowest BCUT2D eigenvalue weighted by molar-refractivity contribution is 0.0786. The Hall–Kier alpha value is -2.93. The topological polar surface area (TPSA) is 61.4 Å². The Kier molecular flexibility index (Phi) is 7.63. The summed E-state index contributed by atoms with van der Waals surface area (Å²) in [5.41, 5.74) is 2.21. The molecule has 0 fully saturated rings. The van der Waals surface area contributed by atoms with Crippen LogP contribution >= 0.6 is 35.4 Å². The second kappa shape index (κ2) is 10.4. The summed E-state index contributed by atoms with van der Waals surface area (Å²) in [6.07, 6.45) is 0. The molecule has 31 heavy (non-hydrogen) atoms. The van der Waals surface area contributed by atoms with Gasteiger partial charge in [-0.05, 0) is 48.1 Å². The van der Waals surface area contributed by atoms with Gasteiger partial charge in [0.05, 0.1) is 11.3 Å². The van der Waals surface area contributed by atoms with Gasteiger partial charge in [0.2, 0.25) is 0 Å². The summed E-state index contributed by atoms with van der Waals surface area (Å²) in [4.78, 5) is 27.1. The molecule has 0 bridgehead atoms. The Bertz CT molecular complexity index is 1100. The lowest BCUT2D eigenvalue weighted by Crippen LogP contribution is -2.35. The monoisotopic (exact) mass is 471 g/mol. The van der Waals surface area contributed by atoms with Gasteiger partial charge < -0.3 is 10.2 Å². The Labute approximate surface area is 196 Å². The molecule has 0 heterocycles. The number of hydrogen-bond donors (Lipinski definition) is 2. The van der Waals surface area contributed by atoms with Gasteiger partial charge in [-0.25, -0.2) is 0 Å². The number of thiocarbonyl (C=S) groups is 1. The highest BCUT2D eigenvalue weighted by atomic mass is 35.5. The zero-order chi connectivity index (χ0) is 22.4. The van der Waals surface area contributed by atoms with Crippen LogP contribution in [0.4, 0.5) is 5.69 Å². The number of nitrogens with one attached hydrogen (secondary N) is 2. The van der Waals surface area contributed by atoms with Gasteiger partial charge in [-0.3, -0.25) is 14.9 Å². The number of halogens is 2. The summed E-state index contributed by atoms with van der Waals surface area (Å²) in [7, 11) is 1.73. The van der Waals surface area contributed by atoms with Gasteiger partial charge in [0.25, 0.3) is 11.8 Å². The van der Waals surface area contributed by atoms with Crippen molar-refractivity contribution in [2.45, 2.75) is 6.54 Å². The van der Waals surface area contributed by atoms with E-state index in [4.69, 9.17) is 35.4 Å². The number of anilines is 1. The highest BCUT2D eigenvalue weighted by Gasteiger charge is 2.17. The number of nitrogens with zero attached hydrogens (tertiary/aromatic N) is 1. The summed E-state index contributed by atoms with van der Waals surface area (Å²) >= 11 is 17.2. The molecule has 0 aliphatic rings. The molecule has 158 valence electrons. The standard InChI is InChI=1S/C23H19Cl2N3O2S/c1-28(14-15-7-3-2-4-8-15)22(30)19-9-5-6-10-20(19)26-23(31)27-21(29)16-11-17(24)13-18(25)12-16/h2-13H,14H2,1H3,(H2,26,27,29,31). The van der Waals surface area contributed by atoms with Crippen molar-refractivity contribution in [1.82, 2.24) is 10.2 Å². The van der Waals surface area contributed by atoms with E-state index in [0.717, 1.165) is 5.56 Å². The normalized spacial score (nSPS) is 10.3. The maximum Gasteiger partial charge on any atom is 0.257 e.